The number of hydrogen-bond donors (Lipinski definition) is 1. The number of rotatable bonds is 5. The van der Waals surface area contributed by atoms with Gasteiger partial charge in [-0.1, -0.05) is 30.3 Å². The van der Waals surface area contributed by atoms with Gasteiger partial charge in [0.25, 0.3) is 0 Å². The Hall–Kier alpha value is -2.21. The first-order valence-electron chi connectivity index (χ1n) is 8.94. The first kappa shape index (κ1) is 17.6. The third kappa shape index (κ3) is 3.90. The van der Waals surface area contributed by atoms with E-state index < -0.39 is 0 Å². The molecular formula is C19H25N3O3. The van der Waals surface area contributed by atoms with E-state index in [9.17, 15) is 14.4 Å². The second-order valence-corrected chi connectivity index (χ2v) is 6.76. The molecule has 2 heterocycles. The molecule has 6 nitrogen and oxygen atoms in total. The fraction of sp³-hybridized carbons (Fsp3) is 0.526. The van der Waals surface area contributed by atoms with Gasteiger partial charge in [0.15, 0.2) is 0 Å². The fourth-order valence-electron chi connectivity index (χ4n) is 3.75. The van der Waals surface area contributed by atoms with Crippen LogP contribution in [0.25, 0.3) is 0 Å². The highest BCUT2D eigenvalue weighted by Gasteiger charge is 2.42. The van der Waals surface area contributed by atoms with E-state index in [1.165, 1.54) is 4.90 Å². The van der Waals surface area contributed by atoms with Crippen LogP contribution in [0, 0.1) is 5.92 Å². The number of carbonyl (C=O) groups is 3. The van der Waals surface area contributed by atoms with Crippen LogP contribution in [0.4, 0.5) is 0 Å². The lowest BCUT2D eigenvalue weighted by molar-refractivity contribution is -0.139. The summed E-state index contributed by atoms with van der Waals surface area (Å²) in [6.07, 6.45) is 2.42. The van der Waals surface area contributed by atoms with Crippen LogP contribution in [0.3, 0.4) is 0 Å². The Bertz CT molecular complexity index is 639. The number of amides is 3. The summed E-state index contributed by atoms with van der Waals surface area (Å²) in [5.74, 6) is -0.0840. The van der Waals surface area contributed by atoms with Crippen molar-refractivity contribution in [3.63, 3.8) is 0 Å². The first-order valence-corrected chi connectivity index (χ1v) is 8.94. The van der Waals surface area contributed by atoms with Crippen molar-refractivity contribution in [2.24, 2.45) is 5.92 Å². The van der Waals surface area contributed by atoms with Crippen LogP contribution in [0.1, 0.15) is 24.8 Å². The second-order valence-electron chi connectivity index (χ2n) is 6.76. The van der Waals surface area contributed by atoms with Crippen LogP contribution in [0.2, 0.25) is 0 Å². The molecule has 0 bridgehead atoms. The molecule has 0 aromatic heterocycles. The van der Waals surface area contributed by atoms with Crippen LogP contribution in [-0.2, 0) is 20.8 Å². The molecule has 2 saturated heterocycles. The summed E-state index contributed by atoms with van der Waals surface area (Å²) in [4.78, 5) is 40.2. The Morgan fingerprint density at radius 2 is 1.84 bits per heavy atom. The van der Waals surface area contributed by atoms with E-state index in [4.69, 9.17) is 0 Å². The average molecular weight is 343 g/mol. The molecule has 1 aromatic carbocycles. The van der Waals surface area contributed by atoms with E-state index in [-0.39, 0.29) is 36.1 Å². The summed E-state index contributed by atoms with van der Waals surface area (Å²) in [5.41, 5.74) is 1.12. The predicted molar refractivity (Wildman–Crippen MR) is 93.6 cm³/mol. The smallest absolute Gasteiger partial charge is 0.247 e. The molecule has 6 heteroatoms. The normalized spacial score (nSPS) is 22.4. The molecule has 2 aliphatic rings. The monoisotopic (exact) mass is 343 g/mol. The third-order valence-corrected chi connectivity index (χ3v) is 5.27. The standard InChI is InChI=1S/C19H25N3O3/c1-20-18(24)15-8-10-21(11-9-15)16-13-17(23)22(19(16)25)12-7-14-5-3-2-4-6-14/h2-6,15-16H,7-13H2,1H3,(H,20,24). The maximum Gasteiger partial charge on any atom is 0.247 e. The van der Waals surface area contributed by atoms with Crippen LogP contribution < -0.4 is 5.32 Å². The molecule has 134 valence electrons. The number of piperidine rings is 1. The maximum absolute atomic E-state index is 12.7. The molecule has 0 spiro atoms. The van der Waals surface area contributed by atoms with Crippen LogP contribution in [0.5, 0.6) is 0 Å². The number of likely N-dealkylation sites (tertiary alicyclic amines) is 2. The quantitative estimate of drug-likeness (QED) is 0.804. The minimum Gasteiger partial charge on any atom is -0.359 e. The molecule has 1 atom stereocenters. The summed E-state index contributed by atoms with van der Waals surface area (Å²) in [6.45, 7) is 1.81. The lowest BCUT2D eigenvalue weighted by Crippen LogP contribution is -2.47. The van der Waals surface area contributed by atoms with Crippen molar-refractivity contribution in [1.29, 1.82) is 0 Å². The zero-order valence-corrected chi connectivity index (χ0v) is 14.6. The lowest BCUT2D eigenvalue weighted by atomic mass is 9.94. The minimum absolute atomic E-state index is 0.0163. The van der Waals surface area contributed by atoms with E-state index in [0.29, 0.717) is 26.1 Å². The molecule has 0 saturated carbocycles. The second kappa shape index (κ2) is 7.78. The van der Waals surface area contributed by atoms with Crippen molar-refractivity contribution in [1.82, 2.24) is 15.1 Å². The summed E-state index contributed by atoms with van der Waals surface area (Å²) < 4.78 is 0. The molecule has 1 aromatic rings. The zero-order chi connectivity index (χ0) is 17.8. The molecular weight excluding hydrogens is 318 g/mol. The van der Waals surface area contributed by atoms with Gasteiger partial charge in [0, 0.05) is 19.5 Å². The molecule has 1 N–H and O–H groups in total. The Morgan fingerprint density at radius 1 is 1.16 bits per heavy atom. The minimum atomic E-state index is -0.353. The van der Waals surface area contributed by atoms with Gasteiger partial charge in [-0.05, 0) is 37.9 Å². The predicted octanol–water partition coefficient (Wildman–Crippen LogP) is 0.815. The zero-order valence-electron chi connectivity index (χ0n) is 14.6. The van der Waals surface area contributed by atoms with Crippen molar-refractivity contribution in [3.8, 4) is 0 Å². The molecule has 3 amide bonds. The van der Waals surface area contributed by atoms with Gasteiger partial charge in [0.2, 0.25) is 17.7 Å². The lowest BCUT2D eigenvalue weighted by Gasteiger charge is -2.34. The van der Waals surface area contributed by atoms with Gasteiger partial charge in [-0.3, -0.25) is 24.2 Å². The Kier molecular flexibility index (Phi) is 5.48. The largest absolute Gasteiger partial charge is 0.359 e. The van der Waals surface area contributed by atoms with Gasteiger partial charge < -0.3 is 5.32 Å². The first-order chi connectivity index (χ1) is 12.1. The molecule has 25 heavy (non-hydrogen) atoms. The van der Waals surface area contributed by atoms with Crippen LogP contribution >= 0.6 is 0 Å². The van der Waals surface area contributed by atoms with Crippen molar-refractivity contribution in [3.05, 3.63) is 35.9 Å². The Labute approximate surface area is 148 Å². The molecule has 2 fully saturated rings. The Balaban J connectivity index is 1.55. The van der Waals surface area contributed by atoms with E-state index in [2.05, 4.69) is 10.2 Å². The van der Waals surface area contributed by atoms with Gasteiger partial charge >= 0.3 is 0 Å². The van der Waals surface area contributed by atoms with E-state index >= 15 is 0 Å². The molecule has 1 unspecified atom stereocenters. The summed E-state index contributed by atoms with van der Waals surface area (Å²) in [5, 5.41) is 2.69. The van der Waals surface area contributed by atoms with Gasteiger partial charge in [-0.15, -0.1) is 0 Å². The van der Waals surface area contributed by atoms with E-state index in [1.54, 1.807) is 7.05 Å². The average Bonchev–Trinajstić information content (AvgIpc) is 2.94. The van der Waals surface area contributed by atoms with Crippen molar-refractivity contribution < 1.29 is 14.4 Å². The highest BCUT2D eigenvalue weighted by Crippen LogP contribution is 2.25. The fourth-order valence-corrected chi connectivity index (χ4v) is 3.75. The van der Waals surface area contributed by atoms with Crippen molar-refractivity contribution in [2.75, 3.05) is 26.7 Å². The van der Waals surface area contributed by atoms with Crippen molar-refractivity contribution in [2.45, 2.75) is 31.7 Å². The Morgan fingerprint density at radius 3 is 2.48 bits per heavy atom. The third-order valence-electron chi connectivity index (χ3n) is 5.27. The molecule has 2 aliphatic heterocycles. The highest BCUT2D eigenvalue weighted by molar-refractivity contribution is 6.05. The number of carbonyl (C=O) groups excluding carboxylic acids is 3. The number of imide groups is 1. The van der Waals surface area contributed by atoms with E-state index in [0.717, 1.165) is 18.4 Å². The number of nitrogens with one attached hydrogen (secondary N) is 1. The molecule has 3 rings (SSSR count). The molecule has 0 aliphatic carbocycles. The van der Waals surface area contributed by atoms with Gasteiger partial charge in [0.1, 0.15) is 0 Å². The van der Waals surface area contributed by atoms with Gasteiger partial charge in [-0.25, -0.2) is 0 Å². The summed E-state index contributed by atoms with van der Waals surface area (Å²) in [7, 11) is 1.65. The highest BCUT2D eigenvalue weighted by atomic mass is 16.2. The van der Waals surface area contributed by atoms with Gasteiger partial charge in [0.05, 0.1) is 12.5 Å². The summed E-state index contributed by atoms with van der Waals surface area (Å²) in [6, 6.07) is 9.53. The number of hydrogen-bond acceptors (Lipinski definition) is 4. The number of benzene rings is 1. The van der Waals surface area contributed by atoms with Gasteiger partial charge in [-0.2, -0.15) is 0 Å². The maximum atomic E-state index is 12.7. The van der Waals surface area contributed by atoms with Crippen molar-refractivity contribution >= 4 is 17.7 Å². The molecule has 0 radical (unpaired) electrons. The summed E-state index contributed by atoms with van der Waals surface area (Å²) >= 11 is 0. The van der Waals surface area contributed by atoms with E-state index in [1.807, 2.05) is 30.3 Å². The SMILES string of the molecule is CNC(=O)C1CCN(C2CC(=O)N(CCc3ccccc3)C2=O)CC1. The van der Waals surface area contributed by atoms with Crippen LogP contribution in [0.15, 0.2) is 30.3 Å². The topological polar surface area (TPSA) is 69.7 Å². The number of nitrogens with zero attached hydrogens (tertiary/aromatic N) is 2. The van der Waals surface area contributed by atoms with Crippen LogP contribution in [-0.4, -0.2) is 60.2 Å².